The summed E-state index contributed by atoms with van der Waals surface area (Å²) in [5, 5.41) is 3.77. The van der Waals surface area contributed by atoms with Gasteiger partial charge in [-0.3, -0.25) is 0 Å². The van der Waals surface area contributed by atoms with Crippen LogP contribution in [0.3, 0.4) is 0 Å². The summed E-state index contributed by atoms with van der Waals surface area (Å²) in [5.74, 6) is 0. The second-order valence-corrected chi connectivity index (χ2v) is 21.6. The summed E-state index contributed by atoms with van der Waals surface area (Å²) in [6.45, 7) is 16.1. The van der Waals surface area contributed by atoms with E-state index in [0.29, 0.717) is 0 Å². The number of furan rings is 1. The lowest BCUT2D eigenvalue weighted by Crippen LogP contribution is -2.55. The van der Waals surface area contributed by atoms with Crippen molar-refractivity contribution in [3.63, 3.8) is 0 Å². The van der Waals surface area contributed by atoms with Crippen LogP contribution in [0.15, 0.2) is 156 Å². The molecule has 1 aliphatic carbocycles. The van der Waals surface area contributed by atoms with Gasteiger partial charge in [0.1, 0.15) is 11.1 Å². The first-order valence-electron chi connectivity index (χ1n) is 23.2. The summed E-state index contributed by atoms with van der Waals surface area (Å²) < 4.78 is 12.0. The molecule has 4 nitrogen and oxygen atoms in total. The molecule has 0 atom stereocenters. The first-order chi connectivity index (χ1) is 31.4. The van der Waals surface area contributed by atoms with Gasteiger partial charge >= 0.3 is 0 Å². The molecule has 6 heteroatoms. The first kappa shape index (κ1) is 38.7. The van der Waals surface area contributed by atoms with Gasteiger partial charge in [0.05, 0.1) is 10.4 Å². The number of hydrogen-bond donors (Lipinski definition) is 0. The maximum absolute atomic E-state index is 6.82. The van der Waals surface area contributed by atoms with Crippen molar-refractivity contribution in [3.8, 4) is 5.69 Å². The number of para-hydroxylation sites is 1. The zero-order valence-electron chi connectivity index (χ0n) is 38.1. The van der Waals surface area contributed by atoms with Crippen LogP contribution in [0.5, 0.6) is 0 Å². The predicted octanol–water partition coefficient (Wildman–Crippen LogP) is 15.4. The fourth-order valence-electron chi connectivity index (χ4n) is 11.3. The van der Waals surface area contributed by atoms with E-state index < -0.39 is 0 Å². The van der Waals surface area contributed by atoms with Gasteiger partial charge in [0.2, 0.25) is 0 Å². The standard InChI is InChI=1S/C59H50BN3OS/c1-35-32-49-53-50(33-35)63-54-44(56-55(63)43-15-8-10-20-51(43)64-56)17-12-18-46(54)60(53)45-31-30-40(34-48(45)62(49)47-19-13-16-42-41-14-9-11-21-52(41)65-57(42)47)61(38-26-22-36(23-27-38)58(2,3)4)39-28-24-37(25-29-39)59(5,6)7/h8-11,13-16,18-34H,12,17H2,1-7H3. The number of aryl methyl sites for hydroxylation is 2. The largest absolute Gasteiger partial charge is 0.454 e. The lowest BCUT2D eigenvalue weighted by atomic mass is 9.32. The van der Waals surface area contributed by atoms with Crippen LogP contribution >= 0.6 is 11.3 Å². The summed E-state index contributed by atoms with van der Waals surface area (Å²) in [6, 6.07) is 55.0. The minimum Gasteiger partial charge on any atom is -0.454 e. The van der Waals surface area contributed by atoms with Crippen molar-refractivity contribution >= 4 is 111 Å². The van der Waals surface area contributed by atoms with E-state index in [-0.39, 0.29) is 17.5 Å². The minimum atomic E-state index is 0.0462. The molecule has 316 valence electrons. The number of aromatic nitrogens is 1. The third-order valence-electron chi connectivity index (χ3n) is 14.4. The Bertz CT molecular complexity index is 3590. The van der Waals surface area contributed by atoms with Crippen molar-refractivity contribution in [1.29, 1.82) is 0 Å². The summed E-state index contributed by atoms with van der Waals surface area (Å²) in [4.78, 5) is 5.07. The van der Waals surface area contributed by atoms with Crippen molar-refractivity contribution in [1.82, 2.24) is 4.57 Å². The Morgan fingerprint density at radius 3 is 1.98 bits per heavy atom. The van der Waals surface area contributed by atoms with Gasteiger partial charge in [-0.1, -0.05) is 120 Å². The molecule has 0 saturated heterocycles. The van der Waals surface area contributed by atoms with Crippen LogP contribution in [0.2, 0.25) is 0 Å². The number of hydrogen-bond acceptors (Lipinski definition) is 4. The average Bonchev–Trinajstić information content (AvgIpc) is 3.97. The number of thiophene rings is 1. The topological polar surface area (TPSA) is 24.6 Å². The predicted molar refractivity (Wildman–Crippen MR) is 279 cm³/mol. The molecular weight excluding hydrogens is 810 g/mol. The van der Waals surface area contributed by atoms with E-state index in [0.717, 1.165) is 41.1 Å². The average molecular weight is 860 g/mol. The van der Waals surface area contributed by atoms with Crippen LogP contribution < -0.4 is 20.7 Å². The van der Waals surface area contributed by atoms with Crippen LogP contribution in [-0.4, -0.2) is 11.3 Å². The number of anilines is 6. The highest BCUT2D eigenvalue weighted by molar-refractivity contribution is 7.26. The van der Waals surface area contributed by atoms with E-state index >= 15 is 0 Å². The molecule has 13 rings (SSSR count). The highest BCUT2D eigenvalue weighted by atomic mass is 32.1. The van der Waals surface area contributed by atoms with Gasteiger partial charge in [-0.05, 0) is 136 Å². The number of allylic oxidation sites excluding steroid dienone is 1. The quantitative estimate of drug-likeness (QED) is 0.165. The van der Waals surface area contributed by atoms with E-state index in [1.165, 1.54) is 98.2 Å². The SMILES string of the molecule is Cc1cc2c3c(c1)-n1c4c(c5oc6ccccc6c51)CCC=C4B3c1ccc(N(c3ccc(C(C)(C)C)cc3)c3ccc(C(C)(C)C)cc3)cc1N2c1cccc2c1sc1ccccc12. The van der Waals surface area contributed by atoms with Gasteiger partial charge in [-0.25, -0.2) is 0 Å². The second-order valence-electron chi connectivity index (χ2n) is 20.5. The molecule has 5 heterocycles. The van der Waals surface area contributed by atoms with Crippen LogP contribution in [0.1, 0.15) is 75.9 Å². The minimum absolute atomic E-state index is 0.0462. The van der Waals surface area contributed by atoms with E-state index in [1.807, 2.05) is 11.3 Å². The second kappa shape index (κ2) is 13.6. The van der Waals surface area contributed by atoms with E-state index in [1.54, 1.807) is 0 Å². The van der Waals surface area contributed by atoms with Gasteiger partial charge in [0.15, 0.2) is 5.58 Å². The number of nitrogens with zero attached hydrogens (tertiary/aromatic N) is 3. The Balaban J connectivity index is 1.10. The van der Waals surface area contributed by atoms with Gasteiger partial charge in [-0.15, -0.1) is 11.3 Å². The third kappa shape index (κ3) is 5.62. The molecule has 3 aromatic heterocycles. The molecule has 3 aliphatic rings. The molecule has 0 fully saturated rings. The Labute approximate surface area is 385 Å². The fourth-order valence-corrected chi connectivity index (χ4v) is 12.5. The zero-order chi connectivity index (χ0) is 44.1. The van der Waals surface area contributed by atoms with E-state index in [4.69, 9.17) is 4.42 Å². The molecule has 0 radical (unpaired) electrons. The highest BCUT2D eigenvalue weighted by Gasteiger charge is 2.46. The summed E-state index contributed by atoms with van der Waals surface area (Å²) in [6.07, 6.45) is 4.48. The Kier molecular flexibility index (Phi) is 8.11. The van der Waals surface area contributed by atoms with Crippen LogP contribution in [0.4, 0.5) is 34.1 Å². The Hall–Kier alpha value is -6.76. The van der Waals surface area contributed by atoms with Crippen LogP contribution in [0, 0.1) is 6.92 Å². The molecule has 0 unspecified atom stereocenters. The molecule has 0 saturated carbocycles. The first-order valence-corrected chi connectivity index (χ1v) is 24.0. The number of benzene rings is 7. The van der Waals surface area contributed by atoms with Crippen LogP contribution in [0.25, 0.3) is 53.4 Å². The van der Waals surface area contributed by atoms with Crippen molar-refractivity contribution in [3.05, 3.63) is 180 Å². The molecule has 0 spiro atoms. The lowest BCUT2D eigenvalue weighted by Gasteiger charge is -2.42. The molecular formula is C59H50BN3OS. The van der Waals surface area contributed by atoms with E-state index in [9.17, 15) is 0 Å². The molecule has 10 aromatic rings. The summed E-state index contributed by atoms with van der Waals surface area (Å²) >= 11 is 1.90. The van der Waals surface area contributed by atoms with Gasteiger partial charge < -0.3 is 18.8 Å². The van der Waals surface area contributed by atoms with Crippen molar-refractivity contribution in [2.75, 3.05) is 9.80 Å². The molecule has 0 N–H and O–H groups in total. The molecule has 2 aliphatic heterocycles. The lowest BCUT2D eigenvalue weighted by molar-refractivity contribution is 0.590. The zero-order valence-corrected chi connectivity index (χ0v) is 38.9. The molecule has 0 bridgehead atoms. The highest BCUT2D eigenvalue weighted by Crippen LogP contribution is 2.52. The van der Waals surface area contributed by atoms with Gasteiger partial charge in [-0.2, -0.15) is 0 Å². The van der Waals surface area contributed by atoms with Crippen molar-refractivity contribution < 1.29 is 4.42 Å². The molecule has 7 aromatic carbocycles. The molecule has 0 amide bonds. The Morgan fingerprint density at radius 2 is 1.26 bits per heavy atom. The summed E-state index contributed by atoms with van der Waals surface area (Å²) in [5.41, 5.74) is 22.2. The maximum atomic E-state index is 6.82. The third-order valence-corrected chi connectivity index (χ3v) is 15.6. The summed E-state index contributed by atoms with van der Waals surface area (Å²) in [7, 11) is 0. The van der Waals surface area contributed by atoms with Crippen molar-refractivity contribution in [2.45, 2.75) is 72.1 Å². The van der Waals surface area contributed by atoms with Gasteiger partial charge in [0, 0.05) is 66.2 Å². The normalized spacial score (nSPS) is 14.3. The number of rotatable bonds is 4. The smallest absolute Gasteiger partial charge is 0.251 e. The fraction of sp³-hybridized carbons (Fsp3) is 0.186. The molecule has 65 heavy (non-hydrogen) atoms. The van der Waals surface area contributed by atoms with E-state index in [2.05, 4.69) is 215 Å². The van der Waals surface area contributed by atoms with Crippen molar-refractivity contribution in [2.24, 2.45) is 0 Å². The maximum Gasteiger partial charge on any atom is 0.251 e. The Morgan fingerprint density at radius 1 is 0.615 bits per heavy atom. The number of fused-ring (bicyclic) bond motifs is 12. The van der Waals surface area contributed by atoms with Gasteiger partial charge in [0.25, 0.3) is 6.71 Å². The van der Waals surface area contributed by atoms with Crippen LogP contribution in [-0.2, 0) is 17.3 Å². The monoisotopic (exact) mass is 859 g/mol.